The number of benzene rings is 2. The lowest BCUT2D eigenvalue weighted by atomic mass is 9.91. The molecule has 1 saturated heterocycles. The van der Waals surface area contributed by atoms with Gasteiger partial charge in [-0.3, -0.25) is 9.69 Å². The molecular formula is C23H28N2O2. The van der Waals surface area contributed by atoms with Gasteiger partial charge in [-0.05, 0) is 38.4 Å². The van der Waals surface area contributed by atoms with Crippen LogP contribution in [-0.2, 0) is 17.8 Å². The molecule has 4 nitrogen and oxygen atoms in total. The molecule has 0 aromatic heterocycles. The predicted octanol–water partition coefficient (Wildman–Crippen LogP) is 3.42. The second-order valence-corrected chi connectivity index (χ2v) is 8.15. The summed E-state index contributed by atoms with van der Waals surface area (Å²) >= 11 is 0. The standard InChI is InChI=1S/C23H28N2O2/c1-18-9-10-21-20(13-18)15-24(2)16-23(27-21)11-6-12-25(17-23)22(26)14-19-7-4-3-5-8-19/h3-5,7-10,13H,6,11-12,14-17H2,1-2H3/t23-/m1/s1. The molecule has 2 aromatic rings. The fourth-order valence-electron chi connectivity index (χ4n) is 4.44. The molecular weight excluding hydrogens is 336 g/mol. The van der Waals surface area contributed by atoms with Gasteiger partial charge < -0.3 is 9.64 Å². The predicted molar refractivity (Wildman–Crippen MR) is 107 cm³/mol. The van der Waals surface area contributed by atoms with Crippen molar-refractivity contribution >= 4 is 5.91 Å². The van der Waals surface area contributed by atoms with E-state index in [9.17, 15) is 4.79 Å². The zero-order valence-corrected chi connectivity index (χ0v) is 16.3. The molecule has 142 valence electrons. The largest absolute Gasteiger partial charge is 0.484 e. The summed E-state index contributed by atoms with van der Waals surface area (Å²) < 4.78 is 6.61. The third kappa shape index (κ3) is 4.01. The van der Waals surface area contributed by atoms with E-state index in [1.807, 2.05) is 35.2 Å². The van der Waals surface area contributed by atoms with Crippen LogP contribution in [0.4, 0.5) is 0 Å². The lowest BCUT2D eigenvalue weighted by Crippen LogP contribution is -2.57. The van der Waals surface area contributed by atoms with E-state index >= 15 is 0 Å². The number of fused-ring (bicyclic) bond motifs is 1. The average Bonchev–Trinajstić information content (AvgIpc) is 2.77. The van der Waals surface area contributed by atoms with Crippen LogP contribution in [0.2, 0.25) is 0 Å². The van der Waals surface area contributed by atoms with Crippen LogP contribution in [0.1, 0.15) is 29.5 Å². The molecule has 27 heavy (non-hydrogen) atoms. The summed E-state index contributed by atoms with van der Waals surface area (Å²) in [5.74, 6) is 1.17. The van der Waals surface area contributed by atoms with Crippen LogP contribution >= 0.6 is 0 Å². The maximum absolute atomic E-state index is 12.9. The lowest BCUT2D eigenvalue weighted by molar-refractivity contribution is -0.136. The average molecular weight is 364 g/mol. The quantitative estimate of drug-likeness (QED) is 0.819. The van der Waals surface area contributed by atoms with Crippen molar-refractivity contribution < 1.29 is 9.53 Å². The Morgan fingerprint density at radius 1 is 1.15 bits per heavy atom. The van der Waals surface area contributed by atoms with Crippen LogP contribution in [0.15, 0.2) is 48.5 Å². The molecule has 4 heteroatoms. The van der Waals surface area contributed by atoms with Gasteiger partial charge >= 0.3 is 0 Å². The van der Waals surface area contributed by atoms with Gasteiger partial charge in [-0.25, -0.2) is 0 Å². The van der Waals surface area contributed by atoms with Gasteiger partial charge in [0.25, 0.3) is 0 Å². The summed E-state index contributed by atoms with van der Waals surface area (Å²) in [4.78, 5) is 17.2. The van der Waals surface area contributed by atoms with E-state index < -0.39 is 0 Å². The Morgan fingerprint density at radius 2 is 1.96 bits per heavy atom. The van der Waals surface area contributed by atoms with Gasteiger partial charge in [0, 0.05) is 25.2 Å². The van der Waals surface area contributed by atoms with Crippen molar-refractivity contribution in [1.82, 2.24) is 9.80 Å². The molecule has 0 aliphatic carbocycles. The summed E-state index contributed by atoms with van der Waals surface area (Å²) in [5.41, 5.74) is 3.24. The Hall–Kier alpha value is -2.33. The highest BCUT2D eigenvalue weighted by atomic mass is 16.5. The number of ether oxygens (including phenoxy) is 1. The van der Waals surface area contributed by atoms with Crippen LogP contribution in [0.25, 0.3) is 0 Å². The molecule has 2 aliphatic rings. The van der Waals surface area contributed by atoms with E-state index in [1.54, 1.807) is 0 Å². The van der Waals surface area contributed by atoms with Crippen molar-refractivity contribution in [2.75, 3.05) is 26.7 Å². The van der Waals surface area contributed by atoms with Gasteiger partial charge in [0.15, 0.2) is 0 Å². The maximum atomic E-state index is 12.9. The van der Waals surface area contributed by atoms with Gasteiger partial charge in [0.2, 0.25) is 5.91 Å². The van der Waals surface area contributed by atoms with Crippen molar-refractivity contribution in [3.63, 3.8) is 0 Å². The SMILES string of the molecule is Cc1ccc2c(c1)CN(C)C[C@@]1(CCCN(C(=O)Cc3ccccc3)C1)O2. The number of aryl methyl sites for hydroxylation is 1. The molecule has 0 bridgehead atoms. The second-order valence-electron chi connectivity index (χ2n) is 8.15. The van der Waals surface area contributed by atoms with Crippen molar-refractivity contribution in [3.05, 3.63) is 65.2 Å². The summed E-state index contributed by atoms with van der Waals surface area (Å²) in [6.45, 7) is 5.33. The first-order valence-corrected chi connectivity index (χ1v) is 9.82. The highest BCUT2D eigenvalue weighted by molar-refractivity contribution is 5.79. The summed E-state index contributed by atoms with van der Waals surface area (Å²) in [5, 5.41) is 0. The number of rotatable bonds is 2. The zero-order chi connectivity index (χ0) is 18.9. The number of amides is 1. The molecule has 0 radical (unpaired) electrons. The monoisotopic (exact) mass is 364 g/mol. The lowest BCUT2D eigenvalue weighted by Gasteiger charge is -2.43. The van der Waals surface area contributed by atoms with Gasteiger partial charge in [0.1, 0.15) is 11.4 Å². The number of piperidine rings is 1. The topological polar surface area (TPSA) is 32.8 Å². The third-order valence-corrected chi connectivity index (χ3v) is 5.63. The molecule has 1 fully saturated rings. The first kappa shape index (κ1) is 18.1. The first-order valence-electron chi connectivity index (χ1n) is 9.82. The fraction of sp³-hybridized carbons (Fsp3) is 0.435. The normalized spacial score (nSPS) is 22.8. The van der Waals surface area contributed by atoms with Crippen molar-refractivity contribution in [2.24, 2.45) is 0 Å². The number of carbonyl (C=O) groups is 1. The number of likely N-dealkylation sites (tertiary alicyclic amines) is 1. The van der Waals surface area contributed by atoms with E-state index in [-0.39, 0.29) is 11.5 Å². The number of hydrogen-bond acceptors (Lipinski definition) is 3. The fourth-order valence-corrected chi connectivity index (χ4v) is 4.44. The molecule has 1 spiro atoms. The minimum atomic E-state index is -0.320. The van der Waals surface area contributed by atoms with Crippen LogP contribution in [0.3, 0.4) is 0 Å². The highest BCUT2D eigenvalue weighted by Gasteiger charge is 2.42. The van der Waals surface area contributed by atoms with Crippen molar-refractivity contribution in [3.8, 4) is 5.75 Å². The summed E-state index contributed by atoms with van der Waals surface area (Å²) in [6.07, 6.45) is 2.43. The van der Waals surface area contributed by atoms with E-state index in [0.29, 0.717) is 13.0 Å². The Balaban J connectivity index is 1.54. The molecule has 2 aromatic carbocycles. The minimum Gasteiger partial charge on any atom is -0.484 e. The van der Waals surface area contributed by atoms with E-state index in [0.717, 1.165) is 43.8 Å². The Kier molecular flexibility index (Phi) is 4.92. The van der Waals surface area contributed by atoms with Crippen LogP contribution in [0, 0.1) is 6.92 Å². The molecule has 0 N–H and O–H groups in total. The number of hydrogen-bond donors (Lipinski definition) is 0. The van der Waals surface area contributed by atoms with E-state index in [4.69, 9.17) is 4.74 Å². The second kappa shape index (κ2) is 7.35. The molecule has 4 rings (SSSR count). The molecule has 2 aliphatic heterocycles. The molecule has 2 heterocycles. The summed E-state index contributed by atoms with van der Waals surface area (Å²) in [6, 6.07) is 16.4. The zero-order valence-electron chi connectivity index (χ0n) is 16.3. The number of carbonyl (C=O) groups excluding carboxylic acids is 1. The van der Waals surface area contributed by atoms with Crippen LogP contribution in [0.5, 0.6) is 5.75 Å². The Labute approximate surface area is 161 Å². The van der Waals surface area contributed by atoms with Gasteiger partial charge in [-0.2, -0.15) is 0 Å². The molecule has 1 amide bonds. The number of likely N-dealkylation sites (N-methyl/N-ethyl adjacent to an activating group) is 1. The Morgan fingerprint density at radius 3 is 2.78 bits per heavy atom. The van der Waals surface area contributed by atoms with Crippen molar-refractivity contribution in [2.45, 2.75) is 38.3 Å². The van der Waals surface area contributed by atoms with E-state index in [1.165, 1.54) is 11.1 Å². The van der Waals surface area contributed by atoms with E-state index in [2.05, 4.69) is 37.1 Å². The smallest absolute Gasteiger partial charge is 0.227 e. The highest BCUT2D eigenvalue weighted by Crippen LogP contribution is 2.34. The van der Waals surface area contributed by atoms with Gasteiger partial charge in [-0.15, -0.1) is 0 Å². The maximum Gasteiger partial charge on any atom is 0.227 e. The molecule has 0 unspecified atom stereocenters. The summed E-state index contributed by atoms with van der Waals surface area (Å²) in [7, 11) is 2.15. The Bertz CT molecular complexity index is 820. The van der Waals surface area contributed by atoms with Gasteiger partial charge in [-0.1, -0.05) is 48.0 Å². The molecule has 1 atom stereocenters. The van der Waals surface area contributed by atoms with Crippen LogP contribution < -0.4 is 4.74 Å². The van der Waals surface area contributed by atoms with Crippen molar-refractivity contribution in [1.29, 1.82) is 0 Å². The van der Waals surface area contributed by atoms with Gasteiger partial charge in [0.05, 0.1) is 13.0 Å². The third-order valence-electron chi connectivity index (χ3n) is 5.63. The van der Waals surface area contributed by atoms with Crippen LogP contribution in [-0.4, -0.2) is 48.0 Å². The first-order chi connectivity index (χ1) is 13.0. The minimum absolute atomic E-state index is 0.194. The molecule has 0 saturated carbocycles. The number of nitrogens with zero attached hydrogens (tertiary/aromatic N) is 2.